The zero-order valence-electron chi connectivity index (χ0n) is 17.6. The Morgan fingerprint density at radius 1 is 1.00 bits per heavy atom. The van der Waals surface area contributed by atoms with Gasteiger partial charge >= 0.3 is 0 Å². The number of aromatic nitrogens is 1. The van der Waals surface area contributed by atoms with E-state index in [0.717, 1.165) is 11.1 Å². The van der Waals surface area contributed by atoms with Crippen LogP contribution in [0.15, 0.2) is 66.9 Å². The summed E-state index contributed by atoms with van der Waals surface area (Å²) >= 11 is 0. The molecular weight excluding hydrogens is 394 g/mol. The van der Waals surface area contributed by atoms with Gasteiger partial charge in [-0.2, -0.15) is 0 Å². The van der Waals surface area contributed by atoms with Gasteiger partial charge in [0.15, 0.2) is 11.5 Å². The SMILES string of the molecule is COc1ccc(CNC(=O)C2Cn3cccc3C(=O)N2Cc2ccccc2)cc1OC. The minimum absolute atomic E-state index is 0.147. The molecule has 7 heteroatoms. The predicted molar refractivity (Wildman–Crippen MR) is 116 cm³/mol. The number of ether oxygens (including phenoxy) is 2. The second kappa shape index (κ2) is 8.95. The van der Waals surface area contributed by atoms with E-state index in [2.05, 4.69) is 5.32 Å². The van der Waals surface area contributed by atoms with Crippen molar-refractivity contribution in [2.75, 3.05) is 14.2 Å². The Kier molecular flexibility index (Phi) is 5.93. The van der Waals surface area contributed by atoms with E-state index < -0.39 is 6.04 Å². The lowest BCUT2D eigenvalue weighted by molar-refractivity contribution is -0.126. The first-order valence-corrected chi connectivity index (χ1v) is 10.1. The van der Waals surface area contributed by atoms with E-state index in [1.807, 2.05) is 59.3 Å². The molecule has 1 N–H and O–H groups in total. The van der Waals surface area contributed by atoms with Gasteiger partial charge in [0.1, 0.15) is 11.7 Å². The normalized spacial score (nSPS) is 15.4. The number of benzene rings is 2. The van der Waals surface area contributed by atoms with Crippen molar-refractivity contribution in [1.29, 1.82) is 0 Å². The fourth-order valence-corrected chi connectivity index (χ4v) is 3.83. The third kappa shape index (κ3) is 4.26. The molecule has 2 amide bonds. The molecule has 0 fully saturated rings. The molecule has 0 radical (unpaired) electrons. The lowest BCUT2D eigenvalue weighted by atomic mass is 10.1. The summed E-state index contributed by atoms with van der Waals surface area (Å²) in [4.78, 5) is 27.9. The minimum Gasteiger partial charge on any atom is -0.493 e. The molecule has 7 nitrogen and oxygen atoms in total. The monoisotopic (exact) mass is 419 g/mol. The first kappa shape index (κ1) is 20.5. The van der Waals surface area contributed by atoms with Crippen molar-refractivity contribution in [1.82, 2.24) is 14.8 Å². The van der Waals surface area contributed by atoms with Crippen LogP contribution < -0.4 is 14.8 Å². The van der Waals surface area contributed by atoms with Gasteiger partial charge in [-0.25, -0.2) is 0 Å². The molecule has 0 saturated heterocycles. The van der Waals surface area contributed by atoms with Crippen molar-refractivity contribution in [3.05, 3.63) is 83.7 Å². The highest BCUT2D eigenvalue weighted by molar-refractivity contribution is 5.97. The van der Waals surface area contributed by atoms with Crippen molar-refractivity contribution in [2.24, 2.45) is 0 Å². The van der Waals surface area contributed by atoms with Crippen LogP contribution in [0, 0.1) is 0 Å². The maximum Gasteiger partial charge on any atom is 0.271 e. The van der Waals surface area contributed by atoms with Gasteiger partial charge in [-0.1, -0.05) is 36.4 Å². The van der Waals surface area contributed by atoms with Crippen molar-refractivity contribution in [3.8, 4) is 11.5 Å². The molecule has 1 aliphatic heterocycles. The number of nitrogens with one attached hydrogen (secondary N) is 1. The highest BCUT2D eigenvalue weighted by Gasteiger charge is 2.36. The first-order valence-electron chi connectivity index (χ1n) is 10.1. The molecule has 2 heterocycles. The summed E-state index contributed by atoms with van der Waals surface area (Å²) in [7, 11) is 3.15. The lowest BCUT2D eigenvalue weighted by Gasteiger charge is -2.35. The van der Waals surface area contributed by atoms with Gasteiger partial charge in [-0.05, 0) is 35.4 Å². The number of hydrogen-bond donors (Lipinski definition) is 1. The van der Waals surface area contributed by atoms with Crippen LogP contribution >= 0.6 is 0 Å². The lowest BCUT2D eigenvalue weighted by Crippen LogP contribution is -2.54. The number of hydrogen-bond acceptors (Lipinski definition) is 4. The topological polar surface area (TPSA) is 72.8 Å². The number of rotatable bonds is 7. The number of nitrogens with zero attached hydrogens (tertiary/aromatic N) is 2. The molecule has 1 aliphatic rings. The Morgan fingerprint density at radius 3 is 2.52 bits per heavy atom. The molecule has 0 spiro atoms. The van der Waals surface area contributed by atoms with E-state index in [-0.39, 0.29) is 11.8 Å². The standard InChI is InChI=1S/C24H25N3O4/c1-30-21-11-10-18(13-22(21)31-2)14-25-23(28)20-16-26-12-6-9-19(26)24(29)27(20)15-17-7-4-3-5-8-17/h3-13,20H,14-16H2,1-2H3,(H,25,28). The van der Waals surface area contributed by atoms with Gasteiger partial charge < -0.3 is 24.3 Å². The van der Waals surface area contributed by atoms with Gasteiger partial charge in [0.2, 0.25) is 5.91 Å². The molecule has 1 unspecified atom stereocenters. The van der Waals surface area contributed by atoms with Crippen LogP contribution in [-0.2, 0) is 24.4 Å². The largest absolute Gasteiger partial charge is 0.493 e. The molecule has 31 heavy (non-hydrogen) atoms. The van der Waals surface area contributed by atoms with Crippen LogP contribution in [0.4, 0.5) is 0 Å². The predicted octanol–water partition coefficient (Wildman–Crippen LogP) is 2.85. The third-order valence-corrected chi connectivity index (χ3v) is 5.47. The van der Waals surface area contributed by atoms with Crippen LogP contribution in [0.5, 0.6) is 11.5 Å². The van der Waals surface area contributed by atoms with Gasteiger partial charge in [0.25, 0.3) is 5.91 Å². The fourth-order valence-electron chi connectivity index (χ4n) is 3.83. The summed E-state index contributed by atoms with van der Waals surface area (Å²) in [5.74, 6) is 0.888. The van der Waals surface area contributed by atoms with Crippen LogP contribution in [0.25, 0.3) is 0 Å². The maximum atomic E-state index is 13.2. The molecule has 0 aliphatic carbocycles. The van der Waals surface area contributed by atoms with E-state index in [1.54, 1.807) is 31.3 Å². The smallest absolute Gasteiger partial charge is 0.271 e. The van der Waals surface area contributed by atoms with E-state index in [4.69, 9.17) is 9.47 Å². The zero-order valence-corrected chi connectivity index (χ0v) is 17.6. The van der Waals surface area contributed by atoms with Crippen LogP contribution in [-0.4, -0.2) is 41.5 Å². The average Bonchev–Trinajstić information content (AvgIpc) is 3.28. The molecular formula is C24H25N3O4. The van der Waals surface area contributed by atoms with Gasteiger partial charge in [-0.3, -0.25) is 9.59 Å². The fraction of sp³-hybridized carbons (Fsp3) is 0.250. The van der Waals surface area contributed by atoms with E-state index >= 15 is 0 Å². The van der Waals surface area contributed by atoms with Crippen molar-refractivity contribution in [3.63, 3.8) is 0 Å². The number of carbonyl (C=O) groups excluding carboxylic acids is 2. The Hall–Kier alpha value is -3.74. The molecule has 1 aromatic heterocycles. The number of methoxy groups -OCH3 is 2. The van der Waals surface area contributed by atoms with E-state index in [1.165, 1.54) is 0 Å². The summed E-state index contributed by atoms with van der Waals surface area (Å²) in [6.07, 6.45) is 1.84. The Bertz CT molecular complexity index is 1080. The van der Waals surface area contributed by atoms with Gasteiger partial charge in [-0.15, -0.1) is 0 Å². The third-order valence-electron chi connectivity index (χ3n) is 5.47. The molecule has 1 atom stereocenters. The summed E-state index contributed by atoms with van der Waals surface area (Å²) in [6, 6.07) is 18.2. The average molecular weight is 419 g/mol. The van der Waals surface area contributed by atoms with E-state index in [0.29, 0.717) is 36.8 Å². The van der Waals surface area contributed by atoms with Gasteiger partial charge in [0, 0.05) is 19.3 Å². The van der Waals surface area contributed by atoms with Crippen LogP contribution in [0.1, 0.15) is 21.6 Å². The molecule has 160 valence electrons. The van der Waals surface area contributed by atoms with E-state index in [9.17, 15) is 9.59 Å². The molecule has 2 aromatic carbocycles. The van der Waals surface area contributed by atoms with Crippen molar-refractivity contribution < 1.29 is 19.1 Å². The summed E-state index contributed by atoms with van der Waals surface area (Å²) in [5, 5.41) is 2.97. The minimum atomic E-state index is -0.604. The molecule has 4 rings (SSSR count). The van der Waals surface area contributed by atoms with Crippen molar-refractivity contribution in [2.45, 2.75) is 25.7 Å². The second-order valence-electron chi connectivity index (χ2n) is 7.39. The Morgan fingerprint density at radius 2 is 1.77 bits per heavy atom. The highest BCUT2D eigenvalue weighted by Crippen LogP contribution is 2.27. The first-order chi connectivity index (χ1) is 15.1. The second-order valence-corrected chi connectivity index (χ2v) is 7.39. The zero-order chi connectivity index (χ0) is 21.8. The summed E-state index contributed by atoms with van der Waals surface area (Å²) in [5.41, 5.74) is 2.46. The van der Waals surface area contributed by atoms with Crippen molar-refractivity contribution >= 4 is 11.8 Å². The Labute approximate surface area is 181 Å². The molecule has 0 bridgehead atoms. The number of fused-ring (bicyclic) bond motifs is 1. The van der Waals surface area contributed by atoms with Crippen LogP contribution in [0.3, 0.4) is 0 Å². The molecule has 3 aromatic rings. The highest BCUT2D eigenvalue weighted by atomic mass is 16.5. The van der Waals surface area contributed by atoms with Crippen LogP contribution in [0.2, 0.25) is 0 Å². The number of amides is 2. The maximum absolute atomic E-state index is 13.2. The van der Waals surface area contributed by atoms with Gasteiger partial charge in [0.05, 0.1) is 20.8 Å². The quantitative estimate of drug-likeness (QED) is 0.639. The Balaban J connectivity index is 1.52. The summed E-state index contributed by atoms with van der Waals surface area (Å²) < 4.78 is 12.4. The molecule has 0 saturated carbocycles. The number of carbonyl (C=O) groups is 2. The summed E-state index contributed by atoms with van der Waals surface area (Å²) in [6.45, 7) is 1.11.